The predicted molar refractivity (Wildman–Crippen MR) is 59.6 cm³/mol. The summed E-state index contributed by atoms with van der Waals surface area (Å²) in [5.74, 6) is 0.738. The van der Waals surface area contributed by atoms with E-state index in [1.54, 1.807) is 36.4 Å². The van der Waals surface area contributed by atoms with Crippen molar-refractivity contribution >= 4 is 5.69 Å². The number of nitrogens with two attached hydrogens (primary N) is 1. The Balaban J connectivity index is 0.000000115. The third-order valence-electron chi connectivity index (χ3n) is 2.12. The molecule has 1 aromatic carbocycles. The fraction of sp³-hybridized carbons (Fsp3) is 0. The van der Waals surface area contributed by atoms with Gasteiger partial charge in [0.15, 0.2) is 0 Å². The molecule has 0 fully saturated rings. The third kappa shape index (κ3) is 2.02. The van der Waals surface area contributed by atoms with Gasteiger partial charge in [0.1, 0.15) is 11.5 Å². The summed E-state index contributed by atoms with van der Waals surface area (Å²) < 4.78 is 0. The number of hydrogen-bond donors (Lipinski definition) is 3. The first-order chi connectivity index (χ1) is 7.18. The molecule has 0 heterocycles. The molecule has 0 atom stereocenters. The normalized spacial score (nSPS) is 10.1. The molecule has 4 N–H and O–H groups in total. The van der Waals surface area contributed by atoms with Crippen LogP contribution < -0.4 is 5.73 Å². The predicted octanol–water partition coefficient (Wildman–Crippen LogP) is 2.35. The number of phenolic OH excluding ortho intramolecular Hbond substituents is 2. The second-order valence-electron chi connectivity index (χ2n) is 3.30. The van der Waals surface area contributed by atoms with E-state index < -0.39 is 0 Å². The molecule has 0 aromatic heterocycles. The Morgan fingerprint density at radius 1 is 0.867 bits per heavy atom. The van der Waals surface area contributed by atoms with E-state index in [2.05, 4.69) is 0 Å². The van der Waals surface area contributed by atoms with Gasteiger partial charge in [-0.3, -0.25) is 0 Å². The molecule has 3 nitrogen and oxygen atoms in total. The smallest absolute Gasteiger partial charge is 0.131 e. The molecule has 3 heteroatoms. The van der Waals surface area contributed by atoms with Crippen LogP contribution in [0.25, 0.3) is 11.1 Å². The lowest BCUT2D eigenvalue weighted by Gasteiger charge is -1.82. The SMILES string of the molecule is Nc1cc2c(O)c-2c1.Oc1ccccc1. The van der Waals surface area contributed by atoms with Gasteiger partial charge in [-0.1, -0.05) is 18.2 Å². The molecule has 1 aromatic rings. The van der Waals surface area contributed by atoms with Crippen LogP contribution in [0.3, 0.4) is 0 Å². The van der Waals surface area contributed by atoms with Gasteiger partial charge in [0.25, 0.3) is 0 Å². The number of hydrogen-bond acceptors (Lipinski definition) is 3. The zero-order chi connectivity index (χ0) is 10.8. The number of nitrogen functional groups attached to an aromatic ring is 1. The Labute approximate surface area is 87.4 Å². The van der Waals surface area contributed by atoms with Crippen LogP contribution in [-0.2, 0) is 0 Å². The standard InChI is InChI=1S/C6H5NO.C6H6O/c7-3-1-4-5(2-3)6(4)8;7-6-4-2-1-3-5-6/h1-2,8H,7H2;1-5,7H. The van der Waals surface area contributed by atoms with Crippen LogP contribution in [0, 0.1) is 0 Å². The molecule has 0 aliphatic heterocycles. The maximum absolute atomic E-state index is 8.78. The van der Waals surface area contributed by atoms with E-state index >= 15 is 0 Å². The van der Waals surface area contributed by atoms with E-state index in [1.165, 1.54) is 0 Å². The number of benzene rings is 2. The highest BCUT2D eigenvalue weighted by molar-refractivity contribution is 5.97. The van der Waals surface area contributed by atoms with Crippen LogP contribution in [0.15, 0.2) is 42.5 Å². The lowest BCUT2D eigenvalue weighted by atomic mass is 10.3. The van der Waals surface area contributed by atoms with Gasteiger partial charge in [-0.25, -0.2) is 0 Å². The molecular weight excluding hydrogens is 190 g/mol. The molecule has 0 spiro atoms. The van der Waals surface area contributed by atoms with Crippen molar-refractivity contribution in [3.63, 3.8) is 0 Å². The number of anilines is 1. The second-order valence-corrected chi connectivity index (χ2v) is 3.30. The topological polar surface area (TPSA) is 66.5 Å². The highest BCUT2D eigenvalue weighted by Gasteiger charge is 2.24. The molecule has 0 unspecified atom stereocenters. The van der Waals surface area contributed by atoms with Gasteiger partial charge in [0, 0.05) is 16.8 Å². The molecule has 0 saturated heterocycles. The first-order valence-corrected chi connectivity index (χ1v) is 4.55. The van der Waals surface area contributed by atoms with Crippen LogP contribution in [0.5, 0.6) is 11.5 Å². The van der Waals surface area contributed by atoms with E-state index in [0.717, 1.165) is 16.8 Å². The van der Waals surface area contributed by atoms with Gasteiger partial charge in [-0.15, -0.1) is 0 Å². The van der Waals surface area contributed by atoms with Gasteiger partial charge in [-0.2, -0.15) is 0 Å². The van der Waals surface area contributed by atoms with Crippen molar-refractivity contribution in [3.8, 4) is 22.6 Å². The number of rotatable bonds is 0. The summed E-state index contributed by atoms with van der Waals surface area (Å²) in [5, 5.41) is 17.4. The lowest BCUT2D eigenvalue weighted by molar-refractivity contribution is 0.475. The molecule has 0 bridgehead atoms. The van der Waals surface area contributed by atoms with Gasteiger partial charge < -0.3 is 15.9 Å². The second kappa shape index (κ2) is 3.53. The minimum Gasteiger partial charge on any atom is -0.508 e. The molecule has 2 aliphatic rings. The minimum atomic E-state index is 0.322. The van der Waals surface area contributed by atoms with Crippen molar-refractivity contribution in [2.24, 2.45) is 0 Å². The summed E-state index contributed by atoms with van der Waals surface area (Å²) >= 11 is 0. The lowest BCUT2D eigenvalue weighted by Crippen LogP contribution is -1.75. The molecular formula is C12H11NO2. The van der Waals surface area contributed by atoms with E-state index in [4.69, 9.17) is 15.9 Å². The number of para-hydroxylation sites is 1. The summed E-state index contributed by atoms with van der Waals surface area (Å²) in [5.41, 5.74) is 7.94. The van der Waals surface area contributed by atoms with E-state index in [1.807, 2.05) is 6.07 Å². The van der Waals surface area contributed by atoms with Crippen LogP contribution in [-0.4, -0.2) is 10.2 Å². The van der Waals surface area contributed by atoms with Crippen molar-refractivity contribution in [1.82, 2.24) is 0 Å². The number of aromatic hydroxyl groups is 2. The van der Waals surface area contributed by atoms with Crippen molar-refractivity contribution in [2.45, 2.75) is 0 Å². The van der Waals surface area contributed by atoms with Crippen LogP contribution >= 0.6 is 0 Å². The third-order valence-corrected chi connectivity index (χ3v) is 2.12. The molecule has 2 aliphatic carbocycles. The van der Waals surface area contributed by atoms with E-state index in [9.17, 15) is 0 Å². The highest BCUT2D eigenvalue weighted by atomic mass is 16.3. The van der Waals surface area contributed by atoms with Crippen molar-refractivity contribution in [3.05, 3.63) is 42.5 Å². The average molecular weight is 201 g/mol. The van der Waals surface area contributed by atoms with Gasteiger partial charge in [-0.05, 0) is 24.3 Å². The largest absolute Gasteiger partial charge is 0.508 e. The van der Waals surface area contributed by atoms with Crippen molar-refractivity contribution < 1.29 is 10.2 Å². The van der Waals surface area contributed by atoms with Crippen molar-refractivity contribution in [1.29, 1.82) is 0 Å². The molecule has 0 saturated carbocycles. The van der Waals surface area contributed by atoms with E-state index in [-0.39, 0.29) is 0 Å². The van der Waals surface area contributed by atoms with Gasteiger partial charge >= 0.3 is 0 Å². The number of fused-ring (bicyclic) bond motifs is 1. The Kier molecular flexibility index (Phi) is 2.21. The van der Waals surface area contributed by atoms with Crippen LogP contribution in [0.2, 0.25) is 0 Å². The Hall–Kier alpha value is -2.16. The molecule has 0 radical (unpaired) electrons. The fourth-order valence-corrected chi connectivity index (χ4v) is 1.30. The summed E-state index contributed by atoms with van der Waals surface area (Å²) in [6, 6.07) is 12.2. The molecule has 76 valence electrons. The number of phenols is 2. The summed E-state index contributed by atoms with van der Waals surface area (Å²) in [7, 11) is 0. The Bertz CT molecular complexity index is 457. The highest BCUT2D eigenvalue weighted by Crippen LogP contribution is 2.52. The van der Waals surface area contributed by atoms with Crippen LogP contribution in [0.4, 0.5) is 5.69 Å². The maximum atomic E-state index is 8.78. The zero-order valence-corrected chi connectivity index (χ0v) is 8.01. The molecule has 15 heavy (non-hydrogen) atoms. The summed E-state index contributed by atoms with van der Waals surface area (Å²) in [4.78, 5) is 0. The Morgan fingerprint density at radius 3 is 1.73 bits per heavy atom. The van der Waals surface area contributed by atoms with E-state index in [0.29, 0.717) is 11.5 Å². The summed E-state index contributed by atoms with van der Waals surface area (Å²) in [6.45, 7) is 0. The molecule has 0 amide bonds. The maximum Gasteiger partial charge on any atom is 0.131 e. The quantitative estimate of drug-likeness (QED) is 0.386. The Morgan fingerprint density at radius 2 is 1.40 bits per heavy atom. The van der Waals surface area contributed by atoms with Crippen LogP contribution in [0.1, 0.15) is 0 Å². The van der Waals surface area contributed by atoms with Gasteiger partial charge in [0.05, 0.1) is 0 Å². The average Bonchev–Trinajstić information content (AvgIpc) is 2.65. The summed E-state index contributed by atoms with van der Waals surface area (Å²) in [6.07, 6.45) is 0. The fourth-order valence-electron chi connectivity index (χ4n) is 1.30. The first kappa shape index (κ1) is 9.40. The first-order valence-electron chi connectivity index (χ1n) is 4.55. The molecule has 3 rings (SSSR count). The van der Waals surface area contributed by atoms with Crippen molar-refractivity contribution in [2.75, 3.05) is 5.73 Å². The monoisotopic (exact) mass is 201 g/mol. The van der Waals surface area contributed by atoms with Gasteiger partial charge in [0.2, 0.25) is 0 Å². The zero-order valence-electron chi connectivity index (χ0n) is 8.01. The minimum absolute atomic E-state index is 0.322.